The minimum absolute atomic E-state index is 0.0382. The first-order valence-corrected chi connectivity index (χ1v) is 10.4. The number of hydrogen-bond donors (Lipinski definition) is 2. The number of para-hydroxylation sites is 2. The van der Waals surface area contributed by atoms with E-state index in [0.717, 1.165) is 27.5 Å². The van der Waals surface area contributed by atoms with E-state index >= 15 is 0 Å². The van der Waals surface area contributed by atoms with Crippen LogP contribution in [-0.2, 0) is 4.79 Å². The van der Waals surface area contributed by atoms with Crippen LogP contribution in [0.2, 0.25) is 0 Å². The van der Waals surface area contributed by atoms with E-state index in [2.05, 4.69) is 45.3 Å². The van der Waals surface area contributed by atoms with Gasteiger partial charge in [-0.1, -0.05) is 44.2 Å². The van der Waals surface area contributed by atoms with Crippen LogP contribution in [0.3, 0.4) is 0 Å². The molecule has 1 aromatic heterocycles. The summed E-state index contributed by atoms with van der Waals surface area (Å²) in [7, 11) is 2.05. The lowest BCUT2D eigenvalue weighted by molar-refractivity contribution is -0.902. The average molecular weight is 383 g/mol. The summed E-state index contributed by atoms with van der Waals surface area (Å²) in [4.78, 5) is 18.5. The van der Waals surface area contributed by atoms with Crippen LogP contribution in [0.1, 0.15) is 49.7 Å². The number of rotatable bonds is 7. The van der Waals surface area contributed by atoms with Gasteiger partial charge in [0.1, 0.15) is 6.04 Å². The Kier molecular flexibility index (Phi) is 6.24. The minimum atomic E-state index is 0.0382. The van der Waals surface area contributed by atoms with E-state index in [4.69, 9.17) is 4.98 Å². The number of anilines is 1. The summed E-state index contributed by atoms with van der Waals surface area (Å²) in [6.45, 7) is 6.90. The van der Waals surface area contributed by atoms with E-state index in [1.807, 2.05) is 36.4 Å². The van der Waals surface area contributed by atoms with Crippen LogP contribution < -0.4 is 10.2 Å². The van der Waals surface area contributed by atoms with E-state index in [1.54, 1.807) is 11.3 Å². The van der Waals surface area contributed by atoms with E-state index in [-0.39, 0.29) is 11.9 Å². The van der Waals surface area contributed by atoms with E-state index in [0.29, 0.717) is 12.5 Å². The van der Waals surface area contributed by atoms with Crippen LogP contribution in [0.25, 0.3) is 10.2 Å². The molecule has 1 heterocycles. The molecule has 1 amide bonds. The summed E-state index contributed by atoms with van der Waals surface area (Å²) in [5.74, 6) is 0.462. The van der Waals surface area contributed by atoms with E-state index in [1.165, 1.54) is 10.3 Å². The molecule has 3 aromatic rings. The monoisotopic (exact) mass is 382 g/mol. The summed E-state index contributed by atoms with van der Waals surface area (Å²) in [6, 6.07) is 16.4. The van der Waals surface area contributed by atoms with Crippen molar-refractivity contribution in [3.63, 3.8) is 0 Å². The second-order valence-electron chi connectivity index (χ2n) is 7.21. The SMILES string of the molecule is CC[C@H](C)c1ccccc1NC(=O)C[NH+](C)[C@@H](C)c1nc2ccccc2s1. The minimum Gasteiger partial charge on any atom is -0.322 e. The third-order valence-electron chi connectivity index (χ3n) is 5.24. The van der Waals surface area contributed by atoms with Crippen molar-refractivity contribution >= 4 is 33.1 Å². The highest BCUT2D eigenvalue weighted by Crippen LogP contribution is 2.27. The first-order valence-electron chi connectivity index (χ1n) is 9.56. The fourth-order valence-corrected chi connectivity index (χ4v) is 4.26. The van der Waals surface area contributed by atoms with Crippen molar-refractivity contribution in [3.8, 4) is 0 Å². The highest BCUT2D eigenvalue weighted by molar-refractivity contribution is 7.18. The van der Waals surface area contributed by atoms with Gasteiger partial charge in [-0.3, -0.25) is 4.79 Å². The Morgan fingerprint density at radius 2 is 1.85 bits per heavy atom. The van der Waals surface area contributed by atoms with Crippen molar-refractivity contribution in [2.24, 2.45) is 0 Å². The number of fused-ring (bicyclic) bond motifs is 1. The van der Waals surface area contributed by atoms with Crippen LogP contribution >= 0.6 is 11.3 Å². The van der Waals surface area contributed by atoms with Crippen molar-refractivity contribution in [2.45, 2.75) is 39.2 Å². The standard InChI is InChI=1S/C22H27N3OS/c1-5-15(2)17-10-6-7-11-18(17)23-21(26)14-25(4)16(3)22-24-19-12-8-9-13-20(19)27-22/h6-13,15-16H,5,14H2,1-4H3,(H,23,26)/p+1/t15-,16-/m0/s1. The fraction of sp³-hybridized carbons (Fsp3) is 0.364. The molecule has 142 valence electrons. The summed E-state index contributed by atoms with van der Waals surface area (Å²) in [5, 5.41) is 4.18. The number of benzene rings is 2. The summed E-state index contributed by atoms with van der Waals surface area (Å²) < 4.78 is 1.19. The summed E-state index contributed by atoms with van der Waals surface area (Å²) in [5.41, 5.74) is 3.16. The molecule has 5 heteroatoms. The number of amides is 1. The molecule has 0 radical (unpaired) electrons. The molecule has 0 aliphatic carbocycles. The molecule has 0 spiro atoms. The second kappa shape index (κ2) is 8.63. The Labute approximate surface area is 165 Å². The Bertz CT molecular complexity index is 888. The molecular formula is C22H28N3OS+. The third kappa shape index (κ3) is 4.54. The van der Waals surface area contributed by atoms with Gasteiger partial charge in [0.05, 0.1) is 17.3 Å². The van der Waals surface area contributed by atoms with Crippen molar-refractivity contribution < 1.29 is 9.69 Å². The quantitative estimate of drug-likeness (QED) is 0.648. The Balaban J connectivity index is 1.67. The van der Waals surface area contributed by atoms with Gasteiger partial charge in [0.15, 0.2) is 11.6 Å². The lowest BCUT2D eigenvalue weighted by Crippen LogP contribution is -3.10. The smallest absolute Gasteiger partial charge is 0.279 e. The third-order valence-corrected chi connectivity index (χ3v) is 6.46. The second-order valence-corrected chi connectivity index (χ2v) is 8.27. The molecule has 3 rings (SSSR count). The van der Waals surface area contributed by atoms with E-state index < -0.39 is 0 Å². The first-order chi connectivity index (χ1) is 13.0. The summed E-state index contributed by atoms with van der Waals surface area (Å²) in [6.07, 6.45) is 1.05. The average Bonchev–Trinajstić information content (AvgIpc) is 3.11. The first kappa shape index (κ1) is 19.5. The molecule has 27 heavy (non-hydrogen) atoms. The maximum atomic E-state index is 12.6. The topological polar surface area (TPSA) is 46.4 Å². The number of aromatic nitrogens is 1. The molecule has 1 unspecified atom stereocenters. The van der Waals surface area contributed by atoms with Gasteiger partial charge in [0.25, 0.3) is 5.91 Å². The maximum absolute atomic E-state index is 12.6. The lowest BCUT2D eigenvalue weighted by atomic mass is 9.97. The maximum Gasteiger partial charge on any atom is 0.279 e. The molecular weight excluding hydrogens is 354 g/mol. The Hall–Kier alpha value is -2.24. The number of thiazole rings is 1. The molecule has 0 fully saturated rings. The normalized spacial score (nSPS) is 14.7. The molecule has 0 aliphatic heterocycles. The van der Waals surface area contributed by atoms with Gasteiger partial charge in [-0.2, -0.15) is 0 Å². The van der Waals surface area contributed by atoms with Gasteiger partial charge in [0.2, 0.25) is 0 Å². The predicted octanol–water partition coefficient (Wildman–Crippen LogP) is 4.02. The van der Waals surface area contributed by atoms with E-state index in [9.17, 15) is 4.79 Å². The highest BCUT2D eigenvalue weighted by Gasteiger charge is 2.22. The number of carbonyl (C=O) groups excluding carboxylic acids is 1. The molecule has 4 nitrogen and oxygen atoms in total. The highest BCUT2D eigenvalue weighted by atomic mass is 32.1. The van der Waals surface area contributed by atoms with Gasteiger partial charge in [-0.25, -0.2) is 4.98 Å². The van der Waals surface area contributed by atoms with Crippen LogP contribution in [0.15, 0.2) is 48.5 Å². The molecule has 2 aromatic carbocycles. The van der Waals surface area contributed by atoms with Crippen LogP contribution in [0.5, 0.6) is 0 Å². The van der Waals surface area contributed by atoms with Crippen molar-refractivity contribution in [2.75, 3.05) is 18.9 Å². The number of nitrogens with one attached hydrogen (secondary N) is 2. The van der Waals surface area contributed by atoms with Gasteiger partial charge in [0, 0.05) is 5.69 Å². The number of likely N-dealkylation sites (N-methyl/N-ethyl adjacent to an activating group) is 1. The van der Waals surface area contributed by atoms with Crippen LogP contribution in [-0.4, -0.2) is 24.5 Å². The zero-order chi connectivity index (χ0) is 19.4. The molecule has 0 saturated carbocycles. The van der Waals surface area contributed by atoms with Crippen molar-refractivity contribution in [1.29, 1.82) is 0 Å². The molecule has 3 atom stereocenters. The molecule has 0 bridgehead atoms. The molecule has 0 saturated heterocycles. The van der Waals surface area contributed by atoms with Gasteiger partial charge in [-0.15, -0.1) is 11.3 Å². The molecule has 0 aliphatic rings. The zero-order valence-electron chi connectivity index (χ0n) is 16.5. The largest absolute Gasteiger partial charge is 0.322 e. The van der Waals surface area contributed by atoms with Gasteiger partial charge in [-0.05, 0) is 43.0 Å². The fourth-order valence-electron chi connectivity index (χ4n) is 3.15. The number of quaternary nitrogens is 1. The lowest BCUT2D eigenvalue weighted by Gasteiger charge is -2.20. The predicted molar refractivity (Wildman–Crippen MR) is 114 cm³/mol. The molecule has 2 N–H and O–H groups in total. The number of nitrogens with zero attached hydrogens (tertiary/aromatic N) is 1. The Morgan fingerprint density at radius 3 is 2.59 bits per heavy atom. The van der Waals surface area contributed by atoms with Gasteiger partial charge >= 0.3 is 0 Å². The number of carbonyl (C=O) groups is 1. The van der Waals surface area contributed by atoms with Crippen LogP contribution in [0.4, 0.5) is 5.69 Å². The zero-order valence-corrected chi connectivity index (χ0v) is 17.3. The van der Waals surface area contributed by atoms with Crippen molar-refractivity contribution in [1.82, 2.24) is 4.98 Å². The van der Waals surface area contributed by atoms with Gasteiger partial charge < -0.3 is 10.2 Å². The van der Waals surface area contributed by atoms with Crippen molar-refractivity contribution in [3.05, 3.63) is 59.1 Å². The summed E-state index contributed by atoms with van der Waals surface area (Å²) >= 11 is 1.71. The van der Waals surface area contributed by atoms with Crippen LogP contribution in [0, 0.1) is 0 Å². The Morgan fingerprint density at radius 1 is 1.15 bits per heavy atom. The number of hydrogen-bond acceptors (Lipinski definition) is 3.